The lowest BCUT2D eigenvalue weighted by atomic mass is 10.1. The van der Waals surface area contributed by atoms with Gasteiger partial charge in [-0.25, -0.2) is 9.37 Å². The van der Waals surface area contributed by atoms with Crippen LogP contribution in [0.2, 0.25) is 0 Å². The lowest BCUT2D eigenvalue weighted by Crippen LogP contribution is -2.11. The molecule has 0 fully saturated rings. The van der Waals surface area contributed by atoms with Crippen molar-refractivity contribution in [3.8, 4) is 17.0 Å². The molecule has 0 aliphatic carbocycles. The Morgan fingerprint density at radius 2 is 1.87 bits per heavy atom. The number of nitrogens with zero attached hydrogens (tertiary/aromatic N) is 1. The summed E-state index contributed by atoms with van der Waals surface area (Å²) in [4.78, 5) is 18.7. The Bertz CT molecular complexity index is 876. The minimum Gasteiger partial charge on any atom is -0.497 e. The van der Waals surface area contributed by atoms with Crippen LogP contribution >= 0.6 is 0 Å². The van der Waals surface area contributed by atoms with Gasteiger partial charge in [0.25, 0.3) is 5.56 Å². The normalized spacial score (nSPS) is 10.3. The second-order valence-electron chi connectivity index (χ2n) is 4.81. The Hall–Kier alpha value is -3.15. The Morgan fingerprint density at radius 1 is 1.13 bits per heavy atom. The van der Waals surface area contributed by atoms with Crippen LogP contribution in [0.3, 0.4) is 0 Å². The van der Waals surface area contributed by atoms with Crippen LogP contribution in [0, 0.1) is 5.82 Å². The van der Waals surface area contributed by atoms with E-state index in [1.165, 1.54) is 12.1 Å². The summed E-state index contributed by atoms with van der Waals surface area (Å²) < 4.78 is 18.8. The molecule has 0 amide bonds. The minimum absolute atomic E-state index is 0.174. The molecule has 6 heteroatoms. The number of nitrogens with one attached hydrogen (secondary N) is 2. The molecule has 0 saturated carbocycles. The highest BCUT2D eigenvalue weighted by atomic mass is 19.1. The average molecular weight is 311 g/mol. The number of hydrogen-bond acceptors (Lipinski definition) is 4. The highest BCUT2D eigenvalue weighted by Crippen LogP contribution is 2.21. The molecule has 3 rings (SSSR count). The van der Waals surface area contributed by atoms with Crippen molar-refractivity contribution in [3.05, 3.63) is 70.8 Å². The molecule has 3 aromatic rings. The maximum atomic E-state index is 13.7. The quantitative estimate of drug-likeness (QED) is 0.775. The van der Waals surface area contributed by atoms with Gasteiger partial charge in [-0.1, -0.05) is 12.1 Å². The zero-order valence-electron chi connectivity index (χ0n) is 12.3. The summed E-state index contributed by atoms with van der Waals surface area (Å²) in [7, 11) is 1.58. The van der Waals surface area contributed by atoms with Gasteiger partial charge in [-0.05, 0) is 36.4 Å². The lowest BCUT2D eigenvalue weighted by molar-refractivity contribution is 0.415. The van der Waals surface area contributed by atoms with E-state index in [1.54, 1.807) is 49.6 Å². The summed E-state index contributed by atoms with van der Waals surface area (Å²) in [6.45, 7) is 0. The van der Waals surface area contributed by atoms with Crippen molar-refractivity contribution in [1.82, 2.24) is 9.97 Å². The van der Waals surface area contributed by atoms with Crippen molar-refractivity contribution in [2.75, 3.05) is 12.4 Å². The monoisotopic (exact) mass is 311 g/mol. The third-order valence-electron chi connectivity index (χ3n) is 3.25. The van der Waals surface area contributed by atoms with Crippen molar-refractivity contribution < 1.29 is 9.13 Å². The summed E-state index contributed by atoms with van der Waals surface area (Å²) in [5.74, 6) is 0.460. The smallest absolute Gasteiger partial charge is 0.252 e. The molecule has 2 N–H and O–H groups in total. The van der Waals surface area contributed by atoms with Crippen LogP contribution in [0.5, 0.6) is 5.75 Å². The summed E-state index contributed by atoms with van der Waals surface area (Å²) in [6, 6.07) is 14.7. The van der Waals surface area contributed by atoms with Gasteiger partial charge >= 0.3 is 0 Å². The summed E-state index contributed by atoms with van der Waals surface area (Å²) in [5, 5.41) is 2.78. The summed E-state index contributed by atoms with van der Waals surface area (Å²) in [5.41, 5.74) is 1.15. The number of aromatic amines is 1. The molecule has 0 bridgehead atoms. The zero-order chi connectivity index (χ0) is 16.2. The van der Waals surface area contributed by atoms with Gasteiger partial charge in [-0.3, -0.25) is 9.78 Å². The van der Waals surface area contributed by atoms with Crippen LogP contribution in [-0.4, -0.2) is 17.1 Å². The van der Waals surface area contributed by atoms with Gasteiger partial charge in [0.15, 0.2) is 0 Å². The second-order valence-corrected chi connectivity index (χ2v) is 4.81. The molecule has 116 valence electrons. The standard InChI is InChI=1S/C17H14FN3O2/c1-23-12-8-6-11(7-9-12)15-10-16(22)21-17(20-15)19-14-5-3-2-4-13(14)18/h2-10H,1H3,(H2,19,20,21,22). The number of ether oxygens (including phenoxy) is 1. The number of methoxy groups -OCH3 is 1. The van der Waals surface area contributed by atoms with Gasteiger partial charge in [0, 0.05) is 11.6 Å². The van der Waals surface area contributed by atoms with Crippen LogP contribution in [0.25, 0.3) is 11.3 Å². The number of rotatable bonds is 4. The minimum atomic E-state index is -0.426. The molecule has 0 atom stereocenters. The summed E-state index contributed by atoms with van der Waals surface area (Å²) >= 11 is 0. The van der Waals surface area contributed by atoms with Crippen LogP contribution in [0.1, 0.15) is 0 Å². The molecular formula is C17H14FN3O2. The largest absolute Gasteiger partial charge is 0.497 e. The van der Waals surface area contributed by atoms with Crippen LogP contribution in [0.15, 0.2) is 59.4 Å². The maximum Gasteiger partial charge on any atom is 0.252 e. The predicted molar refractivity (Wildman–Crippen MR) is 86.5 cm³/mol. The van der Waals surface area contributed by atoms with Crippen LogP contribution in [0.4, 0.5) is 16.0 Å². The van der Waals surface area contributed by atoms with Crippen molar-refractivity contribution in [2.24, 2.45) is 0 Å². The molecule has 0 unspecified atom stereocenters. The van der Waals surface area contributed by atoms with Gasteiger partial charge in [-0.15, -0.1) is 0 Å². The first-order valence-electron chi connectivity index (χ1n) is 6.93. The van der Waals surface area contributed by atoms with E-state index >= 15 is 0 Å². The highest BCUT2D eigenvalue weighted by Gasteiger charge is 2.07. The lowest BCUT2D eigenvalue weighted by Gasteiger charge is -2.08. The van der Waals surface area contributed by atoms with Crippen molar-refractivity contribution in [2.45, 2.75) is 0 Å². The molecule has 1 heterocycles. The van der Waals surface area contributed by atoms with Gasteiger partial charge in [0.2, 0.25) is 5.95 Å². The molecule has 0 aliphatic heterocycles. The second kappa shape index (κ2) is 6.31. The number of para-hydroxylation sites is 1. The van der Waals surface area contributed by atoms with Crippen molar-refractivity contribution >= 4 is 11.6 Å². The third-order valence-corrected chi connectivity index (χ3v) is 3.25. The van der Waals surface area contributed by atoms with E-state index in [1.807, 2.05) is 0 Å². The Kier molecular flexibility index (Phi) is 4.05. The molecule has 0 aliphatic rings. The van der Waals surface area contributed by atoms with E-state index in [2.05, 4.69) is 15.3 Å². The number of hydrogen-bond donors (Lipinski definition) is 2. The third kappa shape index (κ3) is 3.37. The molecule has 1 aromatic heterocycles. The van der Waals surface area contributed by atoms with E-state index in [4.69, 9.17) is 4.74 Å². The molecule has 0 saturated heterocycles. The SMILES string of the molecule is COc1ccc(-c2cc(=O)[nH]c(Nc3ccccc3F)n2)cc1. The fraction of sp³-hybridized carbons (Fsp3) is 0.0588. The zero-order valence-corrected chi connectivity index (χ0v) is 12.3. The first-order valence-corrected chi connectivity index (χ1v) is 6.93. The molecule has 23 heavy (non-hydrogen) atoms. The Morgan fingerprint density at radius 3 is 2.57 bits per heavy atom. The number of benzene rings is 2. The topological polar surface area (TPSA) is 67.0 Å². The van der Waals surface area contributed by atoms with Gasteiger partial charge < -0.3 is 10.1 Å². The summed E-state index contributed by atoms with van der Waals surface area (Å²) in [6.07, 6.45) is 0. The molecule has 0 radical (unpaired) electrons. The molecule has 5 nitrogen and oxygen atoms in total. The van der Waals surface area contributed by atoms with Crippen LogP contribution < -0.4 is 15.6 Å². The first-order chi connectivity index (χ1) is 11.2. The number of aromatic nitrogens is 2. The fourth-order valence-electron chi connectivity index (χ4n) is 2.12. The number of H-pyrrole nitrogens is 1. The van der Waals surface area contributed by atoms with Gasteiger partial charge in [0.05, 0.1) is 18.5 Å². The Labute approximate surface area is 131 Å². The van der Waals surface area contributed by atoms with E-state index in [0.29, 0.717) is 11.4 Å². The average Bonchev–Trinajstić information content (AvgIpc) is 2.56. The van der Waals surface area contributed by atoms with Gasteiger partial charge in [0.1, 0.15) is 11.6 Å². The van der Waals surface area contributed by atoms with E-state index in [-0.39, 0.29) is 17.2 Å². The molecule has 2 aromatic carbocycles. The van der Waals surface area contributed by atoms with E-state index < -0.39 is 5.82 Å². The van der Waals surface area contributed by atoms with Crippen LogP contribution in [-0.2, 0) is 0 Å². The number of halogens is 1. The fourth-order valence-corrected chi connectivity index (χ4v) is 2.12. The maximum absolute atomic E-state index is 13.7. The first kappa shape index (κ1) is 14.8. The highest BCUT2D eigenvalue weighted by molar-refractivity contribution is 5.62. The Balaban J connectivity index is 1.95. The predicted octanol–water partition coefficient (Wildman–Crippen LogP) is 3.33. The van der Waals surface area contributed by atoms with Gasteiger partial charge in [-0.2, -0.15) is 0 Å². The number of anilines is 2. The van der Waals surface area contributed by atoms with Crippen molar-refractivity contribution in [1.29, 1.82) is 0 Å². The molecule has 0 spiro atoms. The van der Waals surface area contributed by atoms with E-state index in [9.17, 15) is 9.18 Å². The molecular weight excluding hydrogens is 297 g/mol. The van der Waals surface area contributed by atoms with Crippen molar-refractivity contribution in [3.63, 3.8) is 0 Å². The van der Waals surface area contributed by atoms with E-state index in [0.717, 1.165) is 5.56 Å².